The van der Waals surface area contributed by atoms with E-state index in [0.29, 0.717) is 12.8 Å². The number of anilines is 1. The third-order valence-electron chi connectivity index (χ3n) is 6.38. The zero-order chi connectivity index (χ0) is 28.0. The standard InChI is InChI=1S/C23H37F2N3O8Si/c1-7-33-21(32)27-16-11-12-28(20(31)26-16)19(30)23(24,25)18(36-17-10-8-9-13-34-17)15(29)14-35-37(5,6)22(2,3)4/h11-12,15,17-18,29H,7-10,13-14H2,1-6H3,(H,26,27,31,32)/t15-,17?,18-/m1/s1. The van der Waals surface area contributed by atoms with Crippen molar-refractivity contribution in [1.29, 1.82) is 0 Å². The third-order valence-corrected chi connectivity index (χ3v) is 10.9. The Morgan fingerprint density at radius 1 is 1.32 bits per heavy atom. The van der Waals surface area contributed by atoms with Gasteiger partial charge in [-0.15, -0.1) is 0 Å². The number of nitrogens with zero attached hydrogens (tertiary/aromatic N) is 2. The van der Waals surface area contributed by atoms with E-state index in [1.165, 1.54) is 0 Å². The van der Waals surface area contributed by atoms with Gasteiger partial charge in [-0.05, 0) is 50.4 Å². The maximum atomic E-state index is 15.6. The molecule has 1 aliphatic rings. The molecule has 14 heteroatoms. The Morgan fingerprint density at radius 3 is 2.54 bits per heavy atom. The van der Waals surface area contributed by atoms with Crippen LogP contribution in [0.15, 0.2) is 17.1 Å². The molecule has 2 heterocycles. The lowest BCUT2D eigenvalue weighted by molar-refractivity contribution is -0.251. The van der Waals surface area contributed by atoms with Crippen LogP contribution in [-0.4, -0.2) is 79.2 Å². The van der Waals surface area contributed by atoms with E-state index in [4.69, 9.17) is 13.9 Å². The number of ether oxygens (including phenoxy) is 3. The third kappa shape index (κ3) is 8.11. The molecule has 0 radical (unpaired) electrons. The average molecular weight is 550 g/mol. The fraction of sp³-hybridized carbons (Fsp3) is 0.739. The van der Waals surface area contributed by atoms with Gasteiger partial charge in [-0.2, -0.15) is 13.8 Å². The van der Waals surface area contributed by atoms with Crippen LogP contribution in [0.2, 0.25) is 18.1 Å². The van der Waals surface area contributed by atoms with E-state index in [1.54, 1.807) is 6.92 Å². The summed E-state index contributed by atoms with van der Waals surface area (Å²) in [6.45, 7) is 11.0. The molecular weight excluding hydrogens is 512 g/mol. The first kappa shape index (κ1) is 31.0. The van der Waals surface area contributed by atoms with Crippen LogP contribution in [0.25, 0.3) is 0 Å². The van der Waals surface area contributed by atoms with Crippen LogP contribution in [-0.2, 0) is 18.6 Å². The van der Waals surface area contributed by atoms with Gasteiger partial charge >= 0.3 is 23.6 Å². The zero-order valence-corrected chi connectivity index (χ0v) is 23.1. The molecule has 1 aromatic heterocycles. The van der Waals surface area contributed by atoms with Crippen LogP contribution < -0.4 is 11.0 Å². The van der Waals surface area contributed by atoms with E-state index in [0.717, 1.165) is 18.7 Å². The topological polar surface area (TPSA) is 138 Å². The van der Waals surface area contributed by atoms with Crippen molar-refractivity contribution in [3.63, 3.8) is 0 Å². The number of carbonyl (C=O) groups excluding carboxylic acids is 2. The molecule has 1 unspecified atom stereocenters. The molecule has 37 heavy (non-hydrogen) atoms. The lowest BCUT2D eigenvalue weighted by atomic mass is 10.1. The number of nitrogens with one attached hydrogen (secondary N) is 1. The normalized spacial score (nSPS) is 18.7. The molecule has 2 rings (SSSR count). The van der Waals surface area contributed by atoms with Gasteiger partial charge in [-0.1, -0.05) is 20.8 Å². The Bertz CT molecular complexity index is 993. The number of halogens is 2. The number of aliphatic hydroxyl groups is 1. The Balaban J connectivity index is 2.31. The van der Waals surface area contributed by atoms with E-state index < -0.39 is 57.0 Å². The molecule has 0 saturated carbocycles. The van der Waals surface area contributed by atoms with Crippen LogP contribution in [0.4, 0.5) is 19.4 Å². The van der Waals surface area contributed by atoms with Gasteiger partial charge in [0.15, 0.2) is 20.7 Å². The first-order valence-corrected chi connectivity index (χ1v) is 15.1. The Morgan fingerprint density at radius 2 is 2.00 bits per heavy atom. The maximum Gasteiger partial charge on any atom is 0.412 e. The van der Waals surface area contributed by atoms with Gasteiger partial charge in [-0.3, -0.25) is 10.1 Å². The van der Waals surface area contributed by atoms with Crippen molar-refractivity contribution in [2.75, 3.05) is 25.1 Å². The summed E-state index contributed by atoms with van der Waals surface area (Å²) in [4.78, 5) is 40.2. The van der Waals surface area contributed by atoms with Crippen LogP contribution in [0.5, 0.6) is 0 Å². The maximum absolute atomic E-state index is 15.6. The summed E-state index contributed by atoms with van der Waals surface area (Å²) in [5, 5.41) is 12.7. The largest absolute Gasteiger partial charge is 0.450 e. The van der Waals surface area contributed by atoms with Gasteiger partial charge in [0.2, 0.25) is 0 Å². The zero-order valence-electron chi connectivity index (χ0n) is 22.1. The fourth-order valence-electron chi connectivity index (χ4n) is 3.18. The van der Waals surface area contributed by atoms with Gasteiger partial charge in [0.1, 0.15) is 11.9 Å². The van der Waals surface area contributed by atoms with Crippen molar-refractivity contribution in [2.24, 2.45) is 0 Å². The predicted molar refractivity (Wildman–Crippen MR) is 132 cm³/mol. The number of aliphatic hydroxyl groups excluding tert-OH is 1. The summed E-state index contributed by atoms with van der Waals surface area (Å²) in [6, 6.07) is 0.989. The molecule has 0 aromatic carbocycles. The summed E-state index contributed by atoms with van der Waals surface area (Å²) in [5.41, 5.74) is -1.36. The molecule has 1 aliphatic heterocycles. The molecule has 0 aliphatic carbocycles. The summed E-state index contributed by atoms with van der Waals surface area (Å²) in [5.74, 6) is -6.61. The van der Waals surface area contributed by atoms with Gasteiger partial charge < -0.3 is 23.7 Å². The van der Waals surface area contributed by atoms with Crippen molar-refractivity contribution in [2.45, 2.75) is 89.5 Å². The van der Waals surface area contributed by atoms with Crippen LogP contribution >= 0.6 is 0 Å². The highest BCUT2D eigenvalue weighted by Crippen LogP contribution is 2.37. The molecule has 1 aromatic rings. The van der Waals surface area contributed by atoms with E-state index in [-0.39, 0.29) is 28.6 Å². The smallest absolute Gasteiger partial charge is 0.412 e. The number of aromatic nitrogens is 2. The molecule has 3 atom stereocenters. The number of hydrogen-bond donors (Lipinski definition) is 2. The van der Waals surface area contributed by atoms with Crippen molar-refractivity contribution >= 4 is 26.1 Å². The van der Waals surface area contributed by atoms with Gasteiger partial charge in [-0.25, -0.2) is 14.2 Å². The quantitative estimate of drug-likeness (QED) is 0.421. The highest BCUT2D eigenvalue weighted by molar-refractivity contribution is 6.74. The Hall–Kier alpha value is -2.26. The number of alkyl halides is 2. The second kappa shape index (κ2) is 12.5. The number of hydrogen-bond acceptors (Lipinski definition) is 9. The average Bonchev–Trinajstić information content (AvgIpc) is 2.80. The first-order chi connectivity index (χ1) is 17.1. The summed E-state index contributed by atoms with van der Waals surface area (Å²) >= 11 is 0. The second-order valence-corrected chi connectivity index (χ2v) is 15.0. The second-order valence-electron chi connectivity index (χ2n) is 10.2. The summed E-state index contributed by atoms with van der Waals surface area (Å²) < 4.78 is 52.7. The first-order valence-electron chi connectivity index (χ1n) is 12.2. The molecular formula is C23H37F2N3O8Si. The molecule has 210 valence electrons. The van der Waals surface area contributed by atoms with E-state index in [9.17, 15) is 19.5 Å². The van der Waals surface area contributed by atoms with E-state index in [1.807, 2.05) is 33.9 Å². The molecule has 0 spiro atoms. The monoisotopic (exact) mass is 549 g/mol. The Labute approximate surface area is 215 Å². The van der Waals surface area contributed by atoms with Crippen LogP contribution in [0.1, 0.15) is 51.8 Å². The summed E-state index contributed by atoms with van der Waals surface area (Å²) in [6.07, 6.45) is -3.81. The van der Waals surface area contributed by atoms with Crippen LogP contribution in [0.3, 0.4) is 0 Å². The van der Waals surface area contributed by atoms with Crippen molar-refractivity contribution in [1.82, 2.24) is 9.55 Å². The number of carbonyl (C=O) groups is 2. The van der Waals surface area contributed by atoms with Crippen LogP contribution in [0, 0.1) is 0 Å². The minimum absolute atomic E-state index is 0.0567. The fourth-order valence-corrected chi connectivity index (χ4v) is 4.20. The minimum atomic E-state index is -4.36. The molecule has 1 amide bonds. The molecule has 1 saturated heterocycles. The van der Waals surface area contributed by atoms with E-state index >= 15 is 8.78 Å². The lowest BCUT2D eigenvalue weighted by Crippen LogP contribution is -2.56. The highest BCUT2D eigenvalue weighted by atomic mass is 28.4. The summed E-state index contributed by atoms with van der Waals surface area (Å²) in [7, 11) is -2.44. The molecule has 0 bridgehead atoms. The molecule has 2 N–H and O–H groups in total. The highest BCUT2D eigenvalue weighted by Gasteiger charge is 2.54. The minimum Gasteiger partial charge on any atom is -0.450 e. The van der Waals surface area contributed by atoms with Crippen molar-refractivity contribution in [3.8, 4) is 0 Å². The van der Waals surface area contributed by atoms with E-state index in [2.05, 4.69) is 15.0 Å². The van der Waals surface area contributed by atoms with Gasteiger partial charge in [0.05, 0.1) is 13.2 Å². The van der Waals surface area contributed by atoms with Crippen molar-refractivity contribution < 1.29 is 42.1 Å². The SMILES string of the molecule is CCOC(=O)Nc1ccn(C(=O)C(F)(F)[C@H](OC2CCCCO2)[C@H](O)CO[Si](C)(C)C(C)(C)C)c(=O)n1. The Kier molecular flexibility index (Phi) is 10.5. The number of rotatable bonds is 10. The predicted octanol–water partition coefficient (Wildman–Crippen LogP) is 3.38. The molecule has 1 fully saturated rings. The van der Waals surface area contributed by atoms with Gasteiger partial charge in [0.25, 0.3) is 0 Å². The van der Waals surface area contributed by atoms with Crippen molar-refractivity contribution in [3.05, 3.63) is 22.7 Å². The number of amides is 1. The van der Waals surface area contributed by atoms with Gasteiger partial charge in [0, 0.05) is 12.8 Å². The lowest BCUT2D eigenvalue weighted by Gasteiger charge is -2.39. The molecule has 11 nitrogen and oxygen atoms in total.